The van der Waals surface area contributed by atoms with Crippen molar-refractivity contribution >= 4 is 17.6 Å². The first-order valence-electron chi connectivity index (χ1n) is 10.6. The number of rotatable bonds is 3. The molecule has 0 saturated heterocycles. The van der Waals surface area contributed by atoms with Gasteiger partial charge in [0.1, 0.15) is 17.1 Å². The summed E-state index contributed by atoms with van der Waals surface area (Å²) in [4.78, 5) is 16.6. The van der Waals surface area contributed by atoms with Crippen molar-refractivity contribution in [1.29, 1.82) is 0 Å². The number of hydrogen-bond donors (Lipinski definition) is 1. The van der Waals surface area contributed by atoms with Crippen molar-refractivity contribution < 1.29 is 18.0 Å². The molecular formula is C21H21FN6O2. The summed E-state index contributed by atoms with van der Waals surface area (Å²) in [6, 6.07) is 7.24. The number of nitrogens with one attached hydrogen (secondary N) is 1. The topological polar surface area (TPSA) is 86.3 Å². The fourth-order valence-corrected chi connectivity index (χ4v) is 2.97. The van der Waals surface area contributed by atoms with E-state index in [1.165, 1.54) is 47.4 Å². The second-order valence-corrected chi connectivity index (χ2v) is 7.61. The number of halogens is 1. The van der Waals surface area contributed by atoms with Crippen LogP contribution in [0.15, 0.2) is 48.9 Å². The Bertz CT molecular complexity index is 1320. The van der Waals surface area contributed by atoms with Gasteiger partial charge in [-0.2, -0.15) is 10.2 Å². The number of imidazole rings is 1. The zero-order chi connectivity index (χ0) is 24.0. The summed E-state index contributed by atoms with van der Waals surface area (Å²) in [6.45, 7) is 2.72. The van der Waals surface area contributed by atoms with Crippen LogP contribution in [-0.4, -0.2) is 36.1 Å². The lowest BCUT2D eigenvalue weighted by molar-refractivity contribution is 0.0635. The molecule has 0 spiro atoms. The van der Waals surface area contributed by atoms with E-state index >= 15 is 0 Å². The molecule has 8 nitrogen and oxygen atoms in total. The molecule has 3 aromatic heterocycles. The van der Waals surface area contributed by atoms with Crippen LogP contribution in [0.25, 0.3) is 28.0 Å². The summed E-state index contributed by atoms with van der Waals surface area (Å²) in [5, 5.41) is 11.0. The van der Waals surface area contributed by atoms with Crippen molar-refractivity contribution in [2.75, 3.05) is 5.32 Å². The zero-order valence-electron chi connectivity index (χ0n) is 19.5. The summed E-state index contributed by atoms with van der Waals surface area (Å²) in [7, 11) is 0. The van der Waals surface area contributed by atoms with E-state index < -0.39 is 24.5 Å². The number of hydrogen-bond acceptors (Lipinski definition) is 5. The van der Waals surface area contributed by atoms with E-state index in [2.05, 4.69) is 20.5 Å². The van der Waals surface area contributed by atoms with Crippen LogP contribution in [0.1, 0.15) is 24.9 Å². The van der Waals surface area contributed by atoms with Crippen molar-refractivity contribution in [1.82, 2.24) is 24.4 Å². The smallest absolute Gasteiger partial charge is 0.413 e. The van der Waals surface area contributed by atoms with Gasteiger partial charge in [-0.15, -0.1) is 0 Å². The Hall–Kier alpha value is -3.75. The van der Waals surface area contributed by atoms with Crippen LogP contribution in [0.3, 0.4) is 0 Å². The van der Waals surface area contributed by atoms with Crippen molar-refractivity contribution in [3.8, 4) is 22.4 Å². The van der Waals surface area contributed by atoms with E-state index in [0.717, 1.165) is 4.68 Å². The minimum absolute atomic E-state index is 0.204. The number of aromatic nitrogens is 5. The first-order valence-corrected chi connectivity index (χ1v) is 9.11. The molecule has 0 aliphatic heterocycles. The molecule has 4 aromatic rings. The van der Waals surface area contributed by atoms with Gasteiger partial charge in [-0.1, -0.05) is 0 Å². The average molecular weight is 411 g/mol. The number of anilines is 1. The third-order valence-corrected chi connectivity index (χ3v) is 4.11. The van der Waals surface area contributed by atoms with Crippen LogP contribution in [0.2, 0.25) is 0 Å². The van der Waals surface area contributed by atoms with Gasteiger partial charge < -0.3 is 4.74 Å². The molecular weight excluding hydrogens is 387 g/mol. The standard InChI is InChI=1S/C21H21FN6O2/c1-21(2,3)30-20(29)25-17-12-28-19(24-17)15(9-10-23-28)16-11-27(4)26-18(16)13-5-7-14(22)8-6-13/h5-12H,1-4H3,(H,25,29)/i4D3. The van der Waals surface area contributed by atoms with E-state index in [0.29, 0.717) is 28.0 Å². The van der Waals surface area contributed by atoms with Crippen LogP contribution in [0, 0.1) is 5.82 Å². The Morgan fingerprint density at radius 1 is 1.17 bits per heavy atom. The highest BCUT2D eigenvalue weighted by molar-refractivity contribution is 5.89. The van der Waals surface area contributed by atoms with Gasteiger partial charge in [0.25, 0.3) is 0 Å². The third-order valence-electron chi connectivity index (χ3n) is 4.11. The van der Waals surface area contributed by atoms with Gasteiger partial charge in [0.05, 0.1) is 6.20 Å². The summed E-state index contributed by atoms with van der Waals surface area (Å²) in [5.41, 5.74) is 1.53. The second kappa shape index (κ2) is 7.25. The predicted octanol–water partition coefficient (Wildman–Crippen LogP) is 4.28. The van der Waals surface area contributed by atoms with E-state index in [9.17, 15) is 9.18 Å². The molecule has 0 bridgehead atoms. The molecule has 0 aliphatic carbocycles. The van der Waals surface area contributed by atoms with Gasteiger partial charge in [-0.05, 0) is 51.1 Å². The second-order valence-electron chi connectivity index (χ2n) is 7.61. The fraction of sp³-hybridized carbons (Fsp3) is 0.238. The molecule has 9 heteroatoms. The molecule has 1 amide bonds. The molecule has 4 rings (SSSR count). The molecule has 0 fully saturated rings. The number of aryl methyl sites for hydroxylation is 1. The predicted molar refractivity (Wildman–Crippen MR) is 110 cm³/mol. The molecule has 1 aromatic carbocycles. The number of benzene rings is 1. The maximum atomic E-state index is 13.5. The van der Waals surface area contributed by atoms with Gasteiger partial charge >= 0.3 is 6.09 Å². The lowest BCUT2D eigenvalue weighted by Crippen LogP contribution is -2.27. The SMILES string of the molecule is [2H]C([2H])([2H])n1cc(-c2ccnn3cc(NC(=O)OC(C)(C)C)nc23)c(-c2ccc(F)cc2)n1. The Balaban J connectivity index is 1.81. The molecule has 1 N–H and O–H groups in total. The lowest BCUT2D eigenvalue weighted by Gasteiger charge is -2.18. The lowest BCUT2D eigenvalue weighted by atomic mass is 10.0. The van der Waals surface area contributed by atoms with Crippen LogP contribution >= 0.6 is 0 Å². The highest BCUT2D eigenvalue weighted by Gasteiger charge is 2.20. The minimum atomic E-state index is -2.52. The Kier molecular flexibility index (Phi) is 3.89. The quantitative estimate of drug-likeness (QED) is 0.544. The van der Waals surface area contributed by atoms with Gasteiger partial charge in [-0.25, -0.2) is 18.7 Å². The van der Waals surface area contributed by atoms with E-state index in [-0.39, 0.29) is 5.82 Å². The molecule has 0 saturated carbocycles. The van der Waals surface area contributed by atoms with Crippen molar-refractivity contribution in [2.45, 2.75) is 26.4 Å². The first-order chi connectivity index (χ1) is 15.4. The number of ether oxygens (including phenoxy) is 1. The highest BCUT2D eigenvalue weighted by Crippen LogP contribution is 2.33. The summed E-state index contributed by atoms with van der Waals surface area (Å²) < 4.78 is 44.2. The average Bonchev–Trinajstić information content (AvgIpc) is 3.30. The first kappa shape index (κ1) is 16.1. The minimum Gasteiger partial charge on any atom is -0.444 e. The fourth-order valence-electron chi connectivity index (χ4n) is 2.97. The highest BCUT2D eigenvalue weighted by atomic mass is 19.1. The van der Waals surface area contributed by atoms with Crippen molar-refractivity contribution in [2.24, 2.45) is 6.98 Å². The summed E-state index contributed by atoms with van der Waals surface area (Å²) in [5.74, 6) is -0.219. The van der Waals surface area contributed by atoms with Crippen LogP contribution in [0.4, 0.5) is 15.0 Å². The van der Waals surface area contributed by atoms with E-state index in [4.69, 9.17) is 8.85 Å². The Labute approximate surface area is 176 Å². The van der Waals surface area contributed by atoms with Gasteiger partial charge in [0.2, 0.25) is 0 Å². The van der Waals surface area contributed by atoms with Crippen LogP contribution in [0.5, 0.6) is 0 Å². The molecule has 0 atom stereocenters. The number of carbonyl (C=O) groups excluding carboxylic acids is 1. The van der Waals surface area contributed by atoms with Gasteiger partial charge in [0.15, 0.2) is 11.5 Å². The monoisotopic (exact) mass is 411 g/mol. The molecule has 0 aliphatic rings. The summed E-state index contributed by atoms with van der Waals surface area (Å²) >= 11 is 0. The number of carbonyl (C=O) groups is 1. The Morgan fingerprint density at radius 2 is 1.93 bits per heavy atom. The normalized spacial score (nSPS) is 13.5. The van der Waals surface area contributed by atoms with Crippen molar-refractivity contribution in [3.05, 3.63) is 54.7 Å². The maximum absolute atomic E-state index is 13.5. The van der Waals surface area contributed by atoms with Crippen LogP contribution < -0.4 is 5.32 Å². The largest absolute Gasteiger partial charge is 0.444 e. The molecule has 154 valence electrons. The van der Waals surface area contributed by atoms with Gasteiger partial charge in [-0.3, -0.25) is 10.00 Å². The van der Waals surface area contributed by atoms with E-state index in [1.54, 1.807) is 26.8 Å². The number of amides is 1. The third kappa shape index (κ3) is 4.00. The van der Waals surface area contributed by atoms with Crippen molar-refractivity contribution in [3.63, 3.8) is 0 Å². The maximum Gasteiger partial charge on any atom is 0.413 e. The zero-order valence-corrected chi connectivity index (χ0v) is 16.5. The summed E-state index contributed by atoms with van der Waals surface area (Å²) in [6.07, 6.45) is 3.74. The number of fused-ring (bicyclic) bond motifs is 1. The Morgan fingerprint density at radius 3 is 2.63 bits per heavy atom. The van der Waals surface area contributed by atoms with Gasteiger partial charge in [0, 0.05) is 40.2 Å². The number of nitrogens with zero attached hydrogens (tertiary/aromatic N) is 5. The molecule has 30 heavy (non-hydrogen) atoms. The molecule has 3 heterocycles. The molecule has 0 unspecified atom stereocenters. The van der Waals surface area contributed by atoms with Crippen LogP contribution in [-0.2, 0) is 11.7 Å². The molecule has 0 radical (unpaired) electrons. The van der Waals surface area contributed by atoms with E-state index in [1.807, 2.05) is 0 Å².